The van der Waals surface area contributed by atoms with Crippen LogP contribution in [0.5, 0.6) is 0 Å². The summed E-state index contributed by atoms with van der Waals surface area (Å²) in [4.78, 5) is 13.7. The molecule has 0 radical (unpaired) electrons. The molecule has 2 atom stereocenters. The monoisotopic (exact) mass is 228 g/mol. The topological polar surface area (TPSA) is 55.6 Å². The molecule has 1 saturated heterocycles. The second-order valence-corrected chi connectivity index (χ2v) is 5.68. The van der Waals surface area contributed by atoms with Crippen molar-refractivity contribution in [3.63, 3.8) is 0 Å². The molecule has 0 aromatic heterocycles. The summed E-state index contributed by atoms with van der Waals surface area (Å²) in [5, 5.41) is 0. The molecule has 1 amide bonds. The lowest BCUT2D eigenvalue weighted by Gasteiger charge is -2.29. The van der Waals surface area contributed by atoms with Crippen molar-refractivity contribution in [3.05, 3.63) is 0 Å². The number of likely N-dealkylation sites (tertiary alicyclic amines) is 1. The summed E-state index contributed by atoms with van der Waals surface area (Å²) in [5.74, 6) is 0. The number of rotatable bonds is 2. The van der Waals surface area contributed by atoms with Gasteiger partial charge in [0.15, 0.2) is 0 Å². The summed E-state index contributed by atoms with van der Waals surface area (Å²) in [6, 6.07) is 0.392. The second-order valence-electron chi connectivity index (χ2n) is 5.68. The Morgan fingerprint density at radius 3 is 2.69 bits per heavy atom. The summed E-state index contributed by atoms with van der Waals surface area (Å²) in [5.41, 5.74) is 5.36. The van der Waals surface area contributed by atoms with Crippen molar-refractivity contribution >= 4 is 6.09 Å². The van der Waals surface area contributed by atoms with Crippen molar-refractivity contribution in [1.82, 2.24) is 4.90 Å². The predicted octanol–water partition coefficient (Wildman–Crippen LogP) is 2.12. The van der Waals surface area contributed by atoms with Gasteiger partial charge >= 0.3 is 6.09 Å². The third-order valence-electron chi connectivity index (χ3n) is 2.65. The van der Waals surface area contributed by atoms with Crippen molar-refractivity contribution in [2.75, 3.05) is 6.54 Å². The Morgan fingerprint density at radius 1 is 1.56 bits per heavy atom. The Hall–Kier alpha value is -0.770. The molecule has 4 heteroatoms. The zero-order valence-corrected chi connectivity index (χ0v) is 10.8. The minimum absolute atomic E-state index is 0.132. The molecule has 4 nitrogen and oxygen atoms in total. The average molecular weight is 228 g/mol. The maximum atomic E-state index is 11.9. The summed E-state index contributed by atoms with van der Waals surface area (Å²) >= 11 is 0. The van der Waals surface area contributed by atoms with Crippen LogP contribution in [-0.4, -0.2) is 35.2 Å². The standard InChI is InChI=1S/C12H24N2O2/c1-9(13)8-10-6-5-7-14(10)11(15)16-12(2,3)4/h9-10H,5-8,13H2,1-4H3/t9-,10?/m0/s1. The average Bonchev–Trinajstić information content (AvgIpc) is 2.47. The van der Waals surface area contributed by atoms with Gasteiger partial charge in [-0.2, -0.15) is 0 Å². The van der Waals surface area contributed by atoms with Gasteiger partial charge in [-0.05, 0) is 47.0 Å². The third kappa shape index (κ3) is 4.00. The first-order chi connectivity index (χ1) is 7.29. The van der Waals surface area contributed by atoms with Crippen molar-refractivity contribution in [2.45, 2.75) is 64.6 Å². The first kappa shape index (κ1) is 13.3. The zero-order chi connectivity index (χ0) is 12.3. The number of ether oxygens (including phenoxy) is 1. The summed E-state index contributed by atoms with van der Waals surface area (Å²) in [6.07, 6.45) is 2.76. The van der Waals surface area contributed by atoms with E-state index in [1.165, 1.54) is 0 Å². The van der Waals surface area contributed by atoms with E-state index in [4.69, 9.17) is 10.5 Å². The highest BCUT2D eigenvalue weighted by Gasteiger charge is 2.32. The molecular weight excluding hydrogens is 204 g/mol. The molecule has 1 unspecified atom stereocenters. The molecule has 0 aromatic rings. The van der Waals surface area contributed by atoms with Gasteiger partial charge in [0.1, 0.15) is 5.60 Å². The molecule has 0 bridgehead atoms. The fourth-order valence-corrected chi connectivity index (χ4v) is 2.07. The maximum absolute atomic E-state index is 11.9. The highest BCUT2D eigenvalue weighted by Crippen LogP contribution is 2.23. The predicted molar refractivity (Wildman–Crippen MR) is 64.2 cm³/mol. The molecule has 0 aromatic carbocycles. The van der Waals surface area contributed by atoms with Crippen LogP contribution in [-0.2, 0) is 4.74 Å². The van der Waals surface area contributed by atoms with Crippen LogP contribution < -0.4 is 5.73 Å². The summed E-state index contributed by atoms with van der Waals surface area (Å²) in [7, 11) is 0. The minimum atomic E-state index is -0.418. The number of carbonyl (C=O) groups excluding carboxylic acids is 1. The molecule has 1 aliphatic rings. The van der Waals surface area contributed by atoms with Crippen LogP contribution in [0.1, 0.15) is 47.0 Å². The van der Waals surface area contributed by atoms with E-state index < -0.39 is 5.60 Å². The van der Waals surface area contributed by atoms with E-state index in [9.17, 15) is 4.79 Å². The van der Waals surface area contributed by atoms with Gasteiger partial charge in [0, 0.05) is 18.6 Å². The van der Waals surface area contributed by atoms with Crippen LogP contribution in [0.4, 0.5) is 4.79 Å². The fraction of sp³-hybridized carbons (Fsp3) is 0.917. The number of hydrogen-bond donors (Lipinski definition) is 1. The third-order valence-corrected chi connectivity index (χ3v) is 2.65. The van der Waals surface area contributed by atoms with Crippen LogP contribution >= 0.6 is 0 Å². The molecule has 94 valence electrons. The first-order valence-corrected chi connectivity index (χ1v) is 6.05. The fourth-order valence-electron chi connectivity index (χ4n) is 2.07. The first-order valence-electron chi connectivity index (χ1n) is 6.05. The molecule has 0 aliphatic carbocycles. The zero-order valence-electron chi connectivity index (χ0n) is 10.8. The van der Waals surface area contributed by atoms with Crippen LogP contribution in [0.3, 0.4) is 0 Å². The summed E-state index contributed by atoms with van der Waals surface area (Å²) < 4.78 is 5.38. The van der Waals surface area contributed by atoms with Gasteiger partial charge in [0.05, 0.1) is 0 Å². The lowest BCUT2D eigenvalue weighted by molar-refractivity contribution is 0.0217. The Balaban J connectivity index is 2.54. The SMILES string of the molecule is C[C@H](N)CC1CCCN1C(=O)OC(C)(C)C. The minimum Gasteiger partial charge on any atom is -0.444 e. The normalized spacial score (nSPS) is 23.3. The molecule has 0 spiro atoms. The molecule has 2 N–H and O–H groups in total. The molecular formula is C12H24N2O2. The Bertz CT molecular complexity index is 246. The molecule has 1 heterocycles. The lowest BCUT2D eigenvalue weighted by Crippen LogP contribution is -2.41. The van der Waals surface area contributed by atoms with E-state index >= 15 is 0 Å². The second kappa shape index (κ2) is 5.04. The molecule has 1 rings (SSSR count). The summed E-state index contributed by atoms with van der Waals surface area (Å²) in [6.45, 7) is 8.45. The Labute approximate surface area is 98.1 Å². The van der Waals surface area contributed by atoms with E-state index in [0.717, 1.165) is 25.8 Å². The lowest BCUT2D eigenvalue weighted by atomic mass is 10.1. The van der Waals surface area contributed by atoms with Crippen molar-refractivity contribution in [1.29, 1.82) is 0 Å². The van der Waals surface area contributed by atoms with Crippen molar-refractivity contribution in [2.24, 2.45) is 5.73 Å². The van der Waals surface area contributed by atoms with Gasteiger partial charge in [-0.1, -0.05) is 0 Å². The molecule has 16 heavy (non-hydrogen) atoms. The van der Waals surface area contributed by atoms with Crippen molar-refractivity contribution < 1.29 is 9.53 Å². The maximum Gasteiger partial charge on any atom is 0.410 e. The van der Waals surface area contributed by atoms with Crippen molar-refractivity contribution in [3.8, 4) is 0 Å². The van der Waals surface area contributed by atoms with Crippen LogP contribution in [0.2, 0.25) is 0 Å². The number of carbonyl (C=O) groups is 1. The Kier molecular flexibility index (Phi) is 4.19. The van der Waals surface area contributed by atoms with E-state index in [0.29, 0.717) is 0 Å². The van der Waals surface area contributed by atoms with Crippen LogP contribution in [0.25, 0.3) is 0 Å². The number of nitrogens with two attached hydrogens (primary N) is 1. The van der Waals surface area contributed by atoms with Gasteiger partial charge in [-0.25, -0.2) is 4.79 Å². The van der Waals surface area contributed by atoms with Gasteiger partial charge < -0.3 is 15.4 Å². The van der Waals surface area contributed by atoms with Gasteiger partial charge in [0.2, 0.25) is 0 Å². The number of hydrogen-bond acceptors (Lipinski definition) is 3. The van der Waals surface area contributed by atoms with E-state index in [2.05, 4.69) is 0 Å². The van der Waals surface area contributed by atoms with Crippen LogP contribution in [0, 0.1) is 0 Å². The number of nitrogens with zero attached hydrogens (tertiary/aromatic N) is 1. The molecule has 1 aliphatic heterocycles. The Morgan fingerprint density at radius 2 is 2.19 bits per heavy atom. The highest BCUT2D eigenvalue weighted by molar-refractivity contribution is 5.68. The van der Waals surface area contributed by atoms with E-state index in [-0.39, 0.29) is 18.2 Å². The smallest absolute Gasteiger partial charge is 0.410 e. The van der Waals surface area contributed by atoms with Gasteiger partial charge in [0.25, 0.3) is 0 Å². The molecule has 1 fully saturated rings. The number of amides is 1. The van der Waals surface area contributed by atoms with Gasteiger partial charge in [-0.15, -0.1) is 0 Å². The van der Waals surface area contributed by atoms with Gasteiger partial charge in [-0.3, -0.25) is 0 Å². The largest absolute Gasteiger partial charge is 0.444 e. The quantitative estimate of drug-likeness (QED) is 0.787. The van der Waals surface area contributed by atoms with Crippen LogP contribution in [0.15, 0.2) is 0 Å². The van der Waals surface area contributed by atoms with E-state index in [1.807, 2.05) is 32.6 Å². The highest BCUT2D eigenvalue weighted by atomic mass is 16.6. The molecule has 0 saturated carbocycles. The van der Waals surface area contributed by atoms with E-state index in [1.54, 1.807) is 0 Å².